The summed E-state index contributed by atoms with van der Waals surface area (Å²) < 4.78 is 5.59. The molecule has 1 aromatic carbocycles. The SMILES string of the molecule is Cc1ccc(C(C)Nc2cc(Cl)ccc2C)o1. The van der Waals surface area contributed by atoms with Crippen LogP contribution in [0.5, 0.6) is 0 Å². The predicted octanol–water partition coefficient (Wildman–Crippen LogP) is 4.72. The number of benzene rings is 1. The van der Waals surface area contributed by atoms with Crippen molar-refractivity contribution in [2.75, 3.05) is 5.32 Å². The molecular weight excluding hydrogens is 234 g/mol. The van der Waals surface area contributed by atoms with E-state index in [2.05, 4.69) is 19.2 Å². The van der Waals surface area contributed by atoms with Crippen molar-refractivity contribution in [3.63, 3.8) is 0 Å². The molecule has 0 saturated heterocycles. The number of halogens is 1. The lowest BCUT2D eigenvalue weighted by atomic mass is 10.1. The quantitative estimate of drug-likeness (QED) is 0.851. The van der Waals surface area contributed by atoms with Crippen LogP contribution in [0.25, 0.3) is 0 Å². The van der Waals surface area contributed by atoms with Crippen LogP contribution in [0.15, 0.2) is 34.7 Å². The van der Waals surface area contributed by atoms with Crippen LogP contribution >= 0.6 is 11.6 Å². The van der Waals surface area contributed by atoms with Gasteiger partial charge in [0.15, 0.2) is 0 Å². The van der Waals surface area contributed by atoms with Crippen LogP contribution in [0.4, 0.5) is 5.69 Å². The minimum Gasteiger partial charge on any atom is -0.464 e. The second-order valence-electron chi connectivity index (χ2n) is 4.27. The summed E-state index contributed by atoms with van der Waals surface area (Å²) in [4.78, 5) is 0. The lowest BCUT2D eigenvalue weighted by molar-refractivity contribution is 0.467. The van der Waals surface area contributed by atoms with Gasteiger partial charge in [-0.3, -0.25) is 0 Å². The summed E-state index contributed by atoms with van der Waals surface area (Å²) in [6.45, 7) is 6.07. The lowest BCUT2D eigenvalue weighted by Gasteiger charge is -2.15. The third kappa shape index (κ3) is 2.83. The molecule has 2 nitrogen and oxygen atoms in total. The highest BCUT2D eigenvalue weighted by Crippen LogP contribution is 2.25. The molecule has 2 aromatic rings. The maximum atomic E-state index is 5.99. The molecule has 90 valence electrons. The number of aryl methyl sites for hydroxylation is 2. The van der Waals surface area contributed by atoms with Crippen molar-refractivity contribution >= 4 is 17.3 Å². The molecule has 0 spiro atoms. The molecule has 3 heteroatoms. The summed E-state index contributed by atoms with van der Waals surface area (Å²) >= 11 is 5.99. The van der Waals surface area contributed by atoms with Crippen molar-refractivity contribution in [3.8, 4) is 0 Å². The highest BCUT2D eigenvalue weighted by Gasteiger charge is 2.10. The van der Waals surface area contributed by atoms with Crippen LogP contribution in [0.1, 0.15) is 30.0 Å². The molecule has 0 fully saturated rings. The van der Waals surface area contributed by atoms with E-state index in [0.717, 1.165) is 22.2 Å². The minimum atomic E-state index is 0.126. The van der Waals surface area contributed by atoms with Crippen molar-refractivity contribution in [1.29, 1.82) is 0 Å². The summed E-state index contributed by atoms with van der Waals surface area (Å²) in [6.07, 6.45) is 0. The summed E-state index contributed by atoms with van der Waals surface area (Å²) in [6, 6.07) is 9.92. The lowest BCUT2D eigenvalue weighted by Crippen LogP contribution is -2.06. The summed E-state index contributed by atoms with van der Waals surface area (Å²) in [5, 5.41) is 4.14. The Labute approximate surface area is 107 Å². The van der Waals surface area contributed by atoms with Crippen LogP contribution < -0.4 is 5.32 Å². The molecule has 0 bridgehead atoms. The number of furan rings is 1. The second kappa shape index (κ2) is 4.84. The fraction of sp³-hybridized carbons (Fsp3) is 0.286. The molecule has 0 saturated carbocycles. The normalized spacial score (nSPS) is 12.5. The van der Waals surface area contributed by atoms with Crippen molar-refractivity contribution in [1.82, 2.24) is 0 Å². The topological polar surface area (TPSA) is 25.2 Å². The van der Waals surface area contributed by atoms with Gasteiger partial charge < -0.3 is 9.73 Å². The highest BCUT2D eigenvalue weighted by molar-refractivity contribution is 6.30. The first-order valence-corrected chi connectivity index (χ1v) is 6.03. The standard InChI is InChI=1S/C14H16ClNO/c1-9-4-6-12(15)8-13(9)16-11(3)14-7-5-10(2)17-14/h4-8,11,16H,1-3H3. The van der Waals surface area contributed by atoms with Gasteiger partial charge in [0.05, 0.1) is 6.04 Å². The molecule has 0 amide bonds. The van der Waals surface area contributed by atoms with E-state index in [0.29, 0.717) is 0 Å². The van der Waals surface area contributed by atoms with Gasteiger partial charge in [-0.15, -0.1) is 0 Å². The van der Waals surface area contributed by atoms with Crippen molar-refractivity contribution < 1.29 is 4.42 Å². The molecule has 1 heterocycles. The first-order chi connectivity index (χ1) is 8.06. The van der Waals surface area contributed by atoms with Crippen molar-refractivity contribution in [3.05, 3.63) is 52.4 Å². The number of anilines is 1. The number of rotatable bonds is 3. The largest absolute Gasteiger partial charge is 0.464 e. The summed E-state index contributed by atoms with van der Waals surface area (Å²) in [5.74, 6) is 1.86. The maximum absolute atomic E-state index is 5.99. The fourth-order valence-corrected chi connectivity index (χ4v) is 1.91. The molecule has 0 aliphatic rings. The van der Waals surface area contributed by atoms with Crippen molar-refractivity contribution in [2.45, 2.75) is 26.8 Å². The van der Waals surface area contributed by atoms with Crippen LogP contribution in [0, 0.1) is 13.8 Å². The van der Waals surface area contributed by atoms with E-state index in [1.165, 1.54) is 5.56 Å². The van der Waals surface area contributed by atoms with E-state index in [1.807, 2.05) is 37.3 Å². The van der Waals surface area contributed by atoms with Crippen molar-refractivity contribution in [2.24, 2.45) is 0 Å². The van der Waals surface area contributed by atoms with E-state index in [-0.39, 0.29) is 6.04 Å². The zero-order valence-electron chi connectivity index (χ0n) is 10.3. The smallest absolute Gasteiger partial charge is 0.126 e. The van der Waals surface area contributed by atoms with Crippen LogP contribution in [-0.4, -0.2) is 0 Å². The first kappa shape index (κ1) is 12.1. The minimum absolute atomic E-state index is 0.126. The van der Waals surface area contributed by atoms with E-state index >= 15 is 0 Å². The number of hydrogen-bond donors (Lipinski definition) is 1. The second-order valence-corrected chi connectivity index (χ2v) is 4.71. The Morgan fingerprint density at radius 3 is 2.59 bits per heavy atom. The third-order valence-electron chi connectivity index (χ3n) is 2.76. The van der Waals surface area contributed by atoms with Gasteiger partial charge in [0.1, 0.15) is 11.5 Å². The average molecular weight is 250 g/mol. The molecular formula is C14H16ClNO. The molecule has 1 atom stereocenters. The monoisotopic (exact) mass is 249 g/mol. The highest BCUT2D eigenvalue weighted by atomic mass is 35.5. The van der Waals surface area contributed by atoms with Gasteiger partial charge in [-0.25, -0.2) is 0 Å². The van der Waals surface area contributed by atoms with Gasteiger partial charge in [0, 0.05) is 10.7 Å². The molecule has 2 rings (SSSR count). The van der Waals surface area contributed by atoms with Crippen LogP contribution in [0.3, 0.4) is 0 Å². The molecule has 1 unspecified atom stereocenters. The Bertz CT molecular complexity index is 519. The Morgan fingerprint density at radius 1 is 1.18 bits per heavy atom. The van der Waals surface area contributed by atoms with Gasteiger partial charge in [-0.05, 0) is 50.6 Å². The maximum Gasteiger partial charge on any atom is 0.126 e. The Kier molecular flexibility index (Phi) is 3.43. The van der Waals surface area contributed by atoms with Gasteiger partial charge in [-0.1, -0.05) is 17.7 Å². The van der Waals surface area contributed by atoms with E-state index in [4.69, 9.17) is 16.0 Å². The van der Waals surface area contributed by atoms with E-state index in [9.17, 15) is 0 Å². The predicted molar refractivity (Wildman–Crippen MR) is 71.7 cm³/mol. The molecule has 1 N–H and O–H groups in total. The first-order valence-electron chi connectivity index (χ1n) is 5.65. The van der Waals surface area contributed by atoms with E-state index in [1.54, 1.807) is 0 Å². The number of hydrogen-bond acceptors (Lipinski definition) is 2. The summed E-state index contributed by atoms with van der Waals surface area (Å²) in [5.41, 5.74) is 2.21. The molecule has 17 heavy (non-hydrogen) atoms. The van der Waals surface area contributed by atoms with Crippen LogP contribution in [0.2, 0.25) is 5.02 Å². The van der Waals surface area contributed by atoms with Gasteiger partial charge in [0.25, 0.3) is 0 Å². The molecule has 1 aromatic heterocycles. The number of nitrogens with one attached hydrogen (secondary N) is 1. The molecule has 0 radical (unpaired) electrons. The van der Waals surface area contributed by atoms with Gasteiger partial charge in [-0.2, -0.15) is 0 Å². The zero-order chi connectivity index (χ0) is 12.4. The average Bonchev–Trinajstić information content (AvgIpc) is 2.70. The van der Waals surface area contributed by atoms with Gasteiger partial charge >= 0.3 is 0 Å². The van der Waals surface area contributed by atoms with E-state index < -0.39 is 0 Å². The fourth-order valence-electron chi connectivity index (χ4n) is 1.74. The Morgan fingerprint density at radius 2 is 1.94 bits per heavy atom. The Hall–Kier alpha value is -1.41. The third-order valence-corrected chi connectivity index (χ3v) is 2.99. The molecule has 0 aliphatic carbocycles. The zero-order valence-corrected chi connectivity index (χ0v) is 11.0. The van der Waals surface area contributed by atoms with Crippen LogP contribution in [-0.2, 0) is 0 Å². The summed E-state index contributed by atoms with van der Waals surface area (Å²) in [7, 11) is 0. The Balaban J connectivity index is 2.18. The van der Waals surface area contributed by atoms with Gasteiger partial charge in [0.2, 0.25) is 0 Å². The molecule has 0 aliphatic heterocycles.